The second kappa shape index (κ2) is 6.97. The molecule has 0 spiro atoms. The number of aromatic nitrogens is 2. The molecule has 0 atom stereocenters. The smallest absolute Gasteiger partial charge is 0.274 e. The van der Waals surface area contributed by atoms with Gasteiger partial charge in [-0.05, 0) is 12.1 Å². The van der Waals surface area contributed by atoms with Crippen LogP contribution in [0.2, 0.25) is 10.0 Å². The van der Waals surface area contributed by atoms with Gasteiger partial charge in [-0.1, -0.05) is 23.2 Å². The average Bonchev–Trinajstić information content (AvgIpc) is 2.88. The third-order valence-electron chi connectivity index (χ3n) is 3.26. The lowest BCUT2D eigenvalue weighted by molar-refractivity contribution is -0.137. The van der Waals surface area contributed by atoms with Gasteiger partial charge in [-0.25, -0.2) is 9.58 Å². The first kappa shape index (κ1) is 19.8. The third kappa shape index (κ3) is 3.52. The molecular weight excluding hydrogens is 396 g/mol. The van der Waals surface area contributed by atoms with Gasteiger partial charge in [-0.3, -0.25) is 9.59 Å². The van der Waals surface area contributed by atoms with Crippen LogP contribution in [0, 0.1) is 11.3 Å². The Labute approximate surface area is 155 Å². The molecular formula is C15H9Cl2F3N4O2. The number of anilines is 1. The zero-order valence-electron chi connectivity index (χ0n) is 13.2. The van der Waals surface area contributed by atoms with E-state index in [1.165, 1.54) is 0 Å². The maximum Gasteiger partial charge on any atom is 0.416 e. The van der Waals surface area contributed by atoms with E-state index in [2.05, 4.69) is 5.10 Å². The van der Waals surface area contributed by atoms with Crippen molar-refractivity contribution in [2.45, 2.75) is 20.0 Å². The Morgan fingerprint density at radius 3 is 2.08 bits per heavy atom. The van der Waals surface area contributed by atoms with Crippen LogP contribution in [-0.4, -0.2) is 21.6 Å². The van der Waals surface area contributed by atoms with Crippen LogP contribution in [0.25, 0.3) is 5.69 Å². The quantitative estimate of drug-likeness (QED) is 0.758. The summed E-state index contributed by atoms with van der Waals surface area (Å²) in [4.78, 5) is 24.3. The van der Waals surface area contributed by atoms with E-state index >= 15 is 0 Å². The standard InChI is InChI=1S/C15H9Cl2F3N4O2/c1-7(25)23(8(2)26)14-9(5-21)6-22-24(14)13-11(16)3-10(4-12(13)17)15(18,19)20/h3-4,6H,1-2H3. The zero-order chi connectivity index (χ0) is 19.8. The van der Waals surface area contributed by atoms with E-state index in [1.807, 2.05) is 0 Å². The number of carbonyl (C=O) groups excluding carboxylic acids is 2. The Balaban J connectivity index is 2.80. The Hall–Kier alpha value is -2.57. The summed E-state index contributed by atoms with van der Waals surface area (Å²) in [5, 5.41) is 12.2. The van der Waals surface area contributed by atoms with Gasteiger partial charge in [0, 0.05) is 13.8 Å². The fourth-order valence-electron chi connectivity index (χ4n) is 2.25. The zero-order valence-corrected chi connectivity index (χ0v) is 14.7. The molecule has 0 aliphatic carbocycles. The van der Waals surface area contributed by atoms with E-state index in [1.54, 1.807) is 6.07 Å². The molecule has 11 heteroatoms. The number of benzene rings is 1. The monoisotopic (exact) mass is 404 g/mol. The Bertz CT molecular complexity index is 910. The van der Waals surface area contributed by atoms with Crippen LogP contribution < -0.4 is 4.90 Å². The van der Waals surface area contributed by atoms with Gasteiger partial charge in [0.2, 0.25) is 11.8 Å². The van der Waals surface area contributed by atoms with Crippen molar-refractivity contribution in [3.8, 4) is 11.8 Å². The maximum absolute atomic E-state index is 12.9. The molecule has 0 aliphatic rings. The molecule has 2 aromatic rings. The predicted octanol–water partition coefficient (Wildman–Crippen LogP) is 3.97. The highest BCUT2D eigenvalue weighted by Crippen LogP contribution is 2.39. The van der Waals surface area contributed by atoms with E-state index < -0.39 is 33.6 Å². The normalized spacial score (nSPS) is 11.2. The van der Waals surface area contributed by atoms with Crippen LogP contribution in [0.1, 0.15) is 25.0 Å². The molecule has 26 heavy (non-hydrogen) atoms. The largest absolute Gasteiger partial charge is 0.416 e. The minimum Gasteiger partial charge on any atom is -0.274 e. The topological polar surface area (TPSA) is 79.0 Å². The summed E-state index contributed by atoms with van der Waals surface area (Å²) in [5.41, 5.74) is -1.45. The fourth-order valence-corrected chi connectivity index (χ4v) is 2.90. The lowest BCUT2D eigenvalue weighted by Gasteiger charge is -2.20. The van der Waals surface area contributed by atoms with E-state index in [-0.39, 0.29) is 17.1 Å². The lowest BCUT2D eigenvalue weighted by Crippen LogP contribution is -2.35. The number of halogens is 5. The predicted molar refractivity (Wildman–Crippen MR) is 87.1 cm³/mol. The summed E-state index contributed by atoms with van der Waals surface area (Å²) in [6.07, 6.45) is -3.64. The van der Waals surface area contributed by atoms with Gasteiger partial charge in [0.1, 0.15) is 17.3 Å². The van der Waals surface area contributed by atoms with Crippen molar-refractivity contribution < 1.29 is 22.8 Å². The highest BCUT2D eigenvalue weighted by atomic mass is 35.5. The van der Waals surface area contributed by atoms with Crippen LogP contribution in [0.15, 0.2) is 18.3 Å². The first-order valence-corrected chi connectivity index (χ1v) is 7.60. The SMILES string of the molecule is CC(=O)N(C(C)=O)c1c(C#N)cnn1-c1c(Cl)cc(C(F)(F)F)cc1Cl. The number of carbonyl (C=O) groups is 2. The Kier molecular flexibility index (Phi) is 5.30. The molecule has 136 valence electrons. The van der Waals surface area contributed by atoms with E-state index in [0.717, 1.165) is 24.7 Å². The molecule has 6 nitrogen and oxygen atoms in total. The molecule has 0 N–H and O–H groups in total. The number of nitriles is 1. The average molecular weight is 405 g/mol. The molecule has 0 saturated carbocycles. The number of nitrogens with zero attached hydrogens (tertiary/aromatic N) is 4. The summed E-state index contributed by atoms with van der Waals surface area (Å²) in [6, 6.07) is 3.02. The summed E-state index contributed by atoms with van der Waals surface area (Å²) in [5.74, 6) is -1.72. The molecule has 0 bridgehead atoms. The number of imide groups is 1. The maximum atomic E-state index is 12.9. The summed E-state index contributed by atoms with van der Waals surface area (Å²) >= 11 is 11.9. The van der Waals surface area contributed by atoms with E-state index in [4.69, 9.17) is 23.2 Å². The molecule has 1 heterocycles. The molecule has 0 saturated heterocycles. The van der Waals surface area contributed by atoms with E-state index in [0.29, 0.717) is 17.0 Å². The van der Waals surface area contributed by atoms with Crippen molar-refractivity contribution in [1.29, 1.82) is 5.26 Å². The highest BCUT2D eigenvalue weighted by molar-refractivity contribution is 6.38. The van der Waals surface area contributed by atoms with Crippen LogP contribution in [0.5, 0.6) is 0 Å². The molecule has 1 aromatic carbocycles. The van der Waals surface area contributed by atoms with Gasteiger partial charge >= 0.3 is 6.18 Å². The number of rotatable bonds is 2. The van der Waals surface area contributed by atoms with Gasteiger partial charge < -0.3 is 0 Å². The summed E-state index contributed by atoms with van der Waals surface area (Å²) < 4.78 is 39.5. The first-order valence-electron chi connectivity index (χ1n) is 6.85. The van der Waals surface area contributed by atoms with Gasteiger partial charge in [0.15, 0.2) is 5.82 Å². The Morgan fingerprint density at radius 1 is 1.19 bits per heavy atom. The molecule has 0 radical (unpaired) electrons. The van der Waals surface area contributed by atoms with Gasteiger partial charge in [0.25, 0.3) is 0 Å². The second-order valence-corrected chi connectivity index (χ2v) is 5.88. The third-order valence-corrected chi connectivity index (χ3v) is 3.84. The van der Waals surface area contributed by atoms with Crippen LogP contribution in [0.4, 0.5) is 19.0 Å². The second-order valence-electron chi connectivity index (χ2n) is 5.07. The Morgan fingerprint density at radius 2 is 1.69 bits per heavy atom. The van der Waals surface area contributed by atoms with Crippen LogP contribution in [0.3, 0.4) is 0 Å². The number of hydrogen-bond donors (Lipinski definition) is 0. The van der Waals surface area contributed by atoms with Gasteiger partial charge in [-0.15, -0.1) is 0 Å². The van der Waals surface area contributed by atoms with Crippen molar-refractivity contribution in [1.82, 2.24) is 9.78 Å². The number of hydrogen-bond acceptors (Lipinski definition) is 4. The minimum absolute atomic E-state index is 0.164. The molecule has 2 amide bonds. The van der Waals surface area contributed by atoms with E-state index in [9.17, 15) is 28.0 Å². The van der Waals surface area contributed by atoms with Gasteiger partial charge in [0.05, 0.1) is 21.8 Å². The highest BCUT2D eigenvalue weighted by Gasteiger charge is 2.33. The summed E-state index contributed by atoms with van der Waals surface area (Å²) in [7, 11) is 0. The van der Waals surface area contributed by atoms with Crippen molar-refractivity contribution in [2.24, 2.45) is 0 Å². The minimum atomic E-state index is -4.68. The molecule has 1 aromatic heterocycles. The van der Waals surface area contributed by atoms with Crippen LogP contribution >= 0.6 is 23.2 Å². The molecule has 0 unspecified atom stereocenters. The van der Waals surface area contributed by atoms with Gasteiger partial charge in [-0.2, -0.15) is 23.5 Å². The fraction of sp³-hybridized carbons (Fsp3) is 0.200. The number of amides is 2. The van der Waals surface area contributed by atoms with Crippen molar-refractivity contribution in [2.75, 3.05) is 4.90 Å². The molecule has 0 fully saturated rings. The molecule has 2 rings (SSSR count). The lowest BCUT2D eigenvalue weighted by atomic mass is 10.2. The molecule has 0 aliphatic heterocycles. The number of alkyl halides is 3. The van der Waals surface area contributed by atoms with Crippen molar-refractivity contribution in [3.05, 3.63) is 39.5 Å². The first-order chi connectivity index (χ1) is 12.0. The van der Waals surface area contributed by atoms with Crippen molar-refractivity contribution >= 4 is 40.8 Å². The van der Waals surface area contributed by atoms with Crippen molar-refractivity contribution in [3.63, 3.8) is 0 Å². The van der Waals surface area contributed by atoms with Crippen LogP contribution in [-0.2, 0) is 15.8 Å². The summed E-state index contributed by atoms with van der Waals surface area (Å²) in [6.45, 7) is 2.16.